The molecule has 0 aliphatic carbocycles. The Labute approximate surface area is 192 Å². The van der Waals surface area contributed by atoms with Crippen molar-refractivity contribution in [2.75, 3.05) is 19.7 Å². The number of amides is 1. The minimum absolute atomic E-state index is 0.00629. The lowest BCUT2D eigenvalue weighted by Crippen LogP contribution is -2.44. The third-order valence-electron chi connectivity index (χ3n) is 5.53. The Balaban J connectivity index is 1.21. The van der Waals surface area contributed by atoms with E-state index in [0.717, 1.165) is 37.2 Å². The van der Waals surface area contributed by atoms with Crippen molar-refractivity contribution in [3.8, 4) is 17.1 Å². The minimum Gasteiger partial charge on any atom is -0.491 e. The molecule has 1 aliphatic rings. The molecular formula is C24H27ClN4O3. The first kappa shape index (κ1) is 22.3. The number of para-hydroxylation sites is 1. The fourth-order valence-corrected chi connectivity index (χ4v) is 3.98. The van der Waals surface area contributed by atoms with Gasteiger partial charge in [0, 0.05) is 11.5 Å². The molecule has 0 radical (unpaired) electrons. The first-order valence-electron chi connectivity index (χ1n) is 10.9. The Morgan fingerprint density at radius 3 is 2.66 bits per heavy atom. The number of nitrogens with one attached hydrogen (secondary N) is 1. The zero-order valence-corrected chi connectivity index (χ0v) is 18.8. The van der Waals surface area contributed by atoms with Gasteiger partial charge in [-0.2, -0.15) is 4.98 Å². The van der Waals surface area contributed by atoms with Crippen molar-refractivity contribution in [1.82, 2.24) is 20.4 Å². The van der Waals surface area contributed by atoms with E-state index < -0.39 is 0 Å². The fraction of sp³-hybridized carbons (Fsp3) is 0.375. The molecule has 168 valence electrons. The summed E-state index contributed by atoms with van der Waals surface area (Å²) < 4.78 is 11.1. The van der Waals surface area contributed by atoms with E-state index in [1.165, 1.54) is 0 Å². The summed E-state index contributed by atoms with van der Waals surface area (Å²) in [7, 11) is 0. The van der Waals surface area contributed by atoms with Crippen molar-refractivity contribution < 1.29 is 14.1 Å². The number of rotatable bonds is 8. The SMILES string of the molecule is CC(COc1ccccc1)NC(=O)C1CCN(Cc2nc(-c3ccccc3Cl)no2)CC1. The van der Waals surface area contributed by atoms with Crippen LogP contribution >= 0.6 is 11.6 Å². The Kier molecular flexibility index (Phi) is 7.39. The largest absolute Gasteiger partial charge is 0.491 e. The van der Waals surface area contributed by atoms with E-state index in [0.29, 0.717) is 29.9 Å². The number of carbonyl (C=O) groups excluding carboxylic acids is 1. The van der Waals surface area contributed by atoms with Crippen LogP contribution in [0.25, 0.3) is 11.4 Å². The molecule has 1 atom stereocenters. The van der Waals surface area contributed by atoms with Gasteiger partial charge in [-0.3, -0.25) is 9.69 Å². The van der Waals surface area contributed by atoms with Crippen molar-refractivity contribution in [3.63, 3.8) is 0 Å². The molecule has 2 aromatic carbocycles. The van der Waals surface area contributed by atoms with Crippen LogP contribution in [0.4, 0.5) is 0 Å². The van der Waals surface area contributed by atoms with E-state index in [2.05, 4.69) is 20.4 Å². The molecule has 7 nitrogen and oxygen atoms in total. The first-order valence-corrected chi connectivity index (χ1v) is 11.2. The molecule has 1 aliphatic heterocycles. The number of carbonyl (C=O) groups is 1. The molecule has 0 bridgehead atoms. The monoisotopic (exact) mass is 454 g/mol. The normalized spacial score (nSPS) is 15.9. The highest BCUT2D eigenvalue weighted by Gasteiger charge is 2.27. The van der Waals surface area contributed by atoms with E-state index >= 15 is 0 Å². The third-order valence-corrected chi connectivity index (χ3v) is 5.86. The average Bonchev–Trinajstić information content (AvgIpc) is 3.27. The predicted octanol–water partition coefficient (Wildman–Crippen LogP) is 4.19. The van der Waals surface area contributed by atoms with Crippen LogP contribution in [0.3, 0.4) is 0 Å². The summed E-state index contributed by atoms with van der Waals surface area (Å²) in [6.07, 6.45) is 1.59. The molecule has 8 heteroatoms. The van der Waals surface area contributed by atoms with Crippen LogP contribution < -0.4 is 10.1 Å². The van der Waals surface area contributed by atoms with Gasteiger partial charge in [-0.25, -0.2) is 0 Å². The summed E-state index contributed by atoms with van der Waals surface area (Å²) in [6, 6.07) is 17.0. The molecule has 32 heavy (non-hydrogen) atoms. The van der Waals surface area contributed by atoms with Crippen molar-refractivity contribution >= 4 is 17.5 Å². The van der Waals surface area contributed by atoms with Gasteiger partial charge in [0.25, 0.3) is 0 Å². The van der Waals surface area contributed by atoms with E-state index in [1.54, 1.807) is 6.07 Å². The smallest absolute Gasteiger partial charge is 0.241 e. The van der Waals surface area contributed by atoms with Gasteiger partial charge in [-0.15, -0.1) is 0 Å². The quantitative estimate of drug-likeness (QED) is 0.549. The van der Waals surface area contributed by atoms with Crippen LogP contribution in [-0.4, -0.2) is 46.7 Å². The lowest BCUT2D eigenvalue weighted by Gasteiger charge is -2.30. The van der Waals surface area contributed by atoms with Gasteiger partial charge in [-0.05, 0) is 57.1 Å². The molecule has 1 fully saturated rings. The molecule has 3 aromatic rings. The number of hydrogen-bond donors (Lipinski definition) is 1. The van der Waals surface area contributed by atoms with E-state index in [4.69, 9.17) is 20.9 Å². The van der Waals surface area contributed by atoms with Gasteiger partial charge in [-0.1, -0.05) is 47.1 Å². The van der Waals surface area contributed by atoms with Crippen LogP contribution in [0.15, 0.2) is 59.1 Å². The van der Waals surface area contributed by atoms with Crippen LogP contribution in [0, 0.1) is 5.92 Å². The van der Waals surface area contributed by atoms with Crippen molar-refractivity contribution in [2.45, 2.75) is 32.4 Å². The molecule has 1 saturated heterocycles. The van der Waals surface area contributed by atoms with E-state index in [-0.39, 0.29) is 17.9 Å². The second-order valence-electron chi connectivity index (χ2n) is 8.08. The summed E-state index contributed by atoms with van der Waals surface area (Å²) in [5.74, 6) is 1.95. The predicted molar refractivity (Wildman–Crippen MR) is 122 cm³/mol. The first-order chi connectivity index (χ1) is 15.6. The molecule has 1 unspecified atom stereocenters. The van der Waals surface area contributed by atoms with Crippen LogP contribution in [0.2, 0.25) is 5.02 Å². The summed E-state index contributed by atoms with van der Waals surface area (Å²) in [6.45, 7) is 4.57. The summed E-state index contributed by atoms with van der Waals surface area (Å²) in [5, 5.41) is 7.72. The highest BCUT2D eigenvalue weighted by molar-refractivity contribution is 6.33. The maximum absolute atomic E-state index is 12.6. The topological polar surface area (TPSA) is 80.5 Å². The van der Waals surface area contributed by atoms with Gasteiger partial charge < -0.3 is 14.6 Å². The van der Waals surface area contributed by atoms with Crippen molar-refractivity contribution in [1.29, 1.82) is 0 Å². The molecular weight excluding hydrogens is 428 g/mol. The maximum atomic E-state index is 12.6. The standard InChI is InChI=1S/C24H27ClN4O3/c1-17(16-31-19-7-3-2-4-8-19)26-24(30)18-11-13-29(14-12-18)15-22-27-23(28-32-22)20-9-5-6-10-21(20)25/h2-10,17-18H,11-16H2,1H3,(H,26,30). The zero-order valence-electron chi connectivity index (χ0n) is 18.0. The third kappa shape index (κ3) is 5.87. The number of likely N-dealkylation sites (tertiary alicyclic amines) is 1. The second kappa shape index (κ2) is 10.6. The van der Waals surface area contributed by atoms with Crippen molar-refractivity contribution in [3.05, 3.63) is 65.5 Å². The molecule has 0 spiro atoms. The van der Waals surface area contributed by atoms with Gasteiger partial charge in [0.05, 0.1) is 17.6 Å². The van der Waals surface area contributed by atoms with E-state index in [1.807, 2.05) is 55.5 Å². The van der Waals surface area contributed by atoms with Gasteiger partial charge in [0.1, 0.15) is 12.4 Å². The van der Waals surface area contributed by atoms with E-state index in [9.17, 15) is 4.79 Å². The Morgan fingerprint density at radius 2 is 1.91 bits per heavy atom. The minimum atomic E-state index is -0.0534. The Bertz CT molecular complexity index is 1020. The summed E-state index contributed by atoms with van der Waals surface area (Å²) >= 11 is 6.21. The number of nitrogens with zero attached hydrogens (tertiary/aromatic N) is 3. The number of piperidine rings is 1. The number of halogens is 1. The van der Waals surface area contributed by atoms with Crippen LogP contribution in [-0.2, 0) is 11.3 Å². The lowest BCUT2D eigenvalue weighted by atomic mass is 9.95. The average molecular weight is 455 g/mol. The Morgan fingerprint density at radius 1 is 1.19 bits per heavy atom. The molecule has 1 amide bonds. The highest BCUT2D eigenvalue weighted by Crippen LogP contribution is 2.25. The summed E-state index contributed by atoms with van der Waals surface area (Å²) in [5.41, 5.74) is 0.755. The van der Waals surface area contributed by atoms with Gasteiger partial charge >= 0.3 is 0 Å². The number of hydrogen-bond acceptors (Lipinski definition) is 6. The lowest BCUT2D eigenvalue weighted by molar-refractivity contribution is -0.127. The van der Waals surface area contributed by atoms with Gasteiger partial charge in [0.2, 0.25) is 17.6 Å². The summed E-state index contributed by atoms with van der Waals surface area (Å²) in [4.78, 5) is 19.3. The number of benzene rings is 2. The molecule has 4 rings (SSSR count). The second-order valence-corrected chi connectivity index (χ2v) is 8.48. The fourth-order valence-electron chi connectivity index (χ4n) is 3.76. The van der Waals surface area contributed by atoms with Gasteiger partial charge in [0.15, 0.2) is 0 Å². The molecule has 1 aromatic heterocycles. The number of aromatic nitrogens is 2. The molecule has 2 heterocycles. The number of ether oxygens (including phenoxy) is 1. The molecule has 0 saturated carbocycles. The maximum Gasteiger partial charge on any atom is 0.241 e. The van der Waals surface area contributed by atoms with Crippen molar-refractivity contribution in [2.24, 2.45) is 5.92 Å². The van der Waals surface area contributed by atoms with Crippen LogP contribution in [0.5, 0.6) is 5.75 Å². The Hall–Kier alpha value is -2.90. The zero-order chi connectivity index (χ0) is 22.3. The van der Waals surface area contributed by atoms with Crippen LogP contribution in [0.1, 0.15) is 25.7 Å². The highest BCUT2D eigenvalue weighted by atomic mass is 35.5. The molecule has 1 N–H and O–H groups in total.